The monoisotopic (exact) mass is 432 g/mol. The number of hydrogen-bond acceptors (Lipinski definition) is 5. The lowest BCUT2D eigenvalue weighted by Crippen LogP contribution is -2.45. The predicted molar refractivity (Wildman–Crippen MR) is 115 cm³/mol. The fourth-order valence-corrected chi connectivity index (χ4v) is 3.92. The van der Waals surface area contributed by atoms with E-state index in [1.807, 2.05) is 18.7 Å². The van der Waals surface area contributed by atoms with E-state index in [-0.39, 0.29) is 23.6 Å². The zero-order valence-corrected chi connectivity index (χ0v) is 18.2. The van der Waals surface area contributed by atoms with Crippen LogP contribution in [0.4, 0.5) is 10.5 Å². The number of aryl methyl sites for hydroxylation is 1. The third-order valence-electron chi connectivity index (χ3n) is 5.37. The number of anilines is 1. The lowest BCUT2D eigenvalue weighted by Gasteiger charge is -2.32. The van der Waals surface area contributed by atoms with E-state index in [1.165, 1.54) is 17.7 Å². The zero-order valence-electron chi connectivity index (χ0n) is 17.5. The third-order valence-corrected chi connectivity index (χ3v) is 5.61. The highest BCUT2D eigenvalue weighted by atomic mass is 35.5. The Kier molecular flexibility index (Phi) is 6.17. The molecule has 30 heavy (non-hydrogen) atoms. The van der Waals surface area contributed by atoms with Crippen LogP contribution in [0.15, 0.2) is 29.1 Å². The second kappa shape index (κ2) is 8.47. The van der Waals surface area contributed by atoms with Crippen LogP contribution in [0.5, 0.6) is 0 Å². The summed E-state index contributed by atoms with van der Waals surface area (Å²) >= 11 is 6.04. The van der Waals surface area contributed by atoms with Gasteiger partial charge in [0.2, 0.25) is 5.91 Å². The van der Waals surface area contributed by atoms with Crippen molar-refractivity contribution in [3.63, 3.8) is 0 Å². The second-order valence-electron chi connectivity index (χ2n) is 7.88. The van der Waals surface area contributed by atoms with Crippen LogP contribution in [0, 0.1) is 6.92 Å². The van der Waals surface area contributed by atoms with Crippen molar-refractivity contribution < 1.29 is 14.3 Å². The molecule has 0 saturated carbocycles. The van der Waals surface area contributed by atoms with Crippen molar-refractivity contribution >= 4 is 29.3 Å². The summed E-state index contributed by atoms with van der Waals surface area (Å²) in [6, 6.07) is 6.20. The van der Waals surface area contributed by atoms with Gasteiger partial charge in [-0.1, -0.05) is 11.6 Å². The highest BCUT2D eigenvalue weighted by molar-refractivity contribution is 6.31. The van der Waals surface area contributed by atoms with E-state index in [0.717, 1.165) is 12.8 Å². The van der Waals surface area contributed by atoms with E-state index in [4.69, 9.17) is 11.6 Å². The summed E-state index contributed by atoms with van der Waals surface area (Å²) in [5.41, 5.74) is 0.699. The minimum Gasteiger partial charge on any atom is -0.453 e. The summed E-state index contributed by atoms with van der Waals surface area (Å²) in [4.78, 5) is 43.6. The van der Waals surface area contributed by atoms with E-state index in [2.05, 4.69) is 15.0 Å². The Morgan fingerprint density at radius 2 is 2.03 bits per heavy atom. The van der Waals surface area contributed by atoms with Gasteiger partial charge in [-0.15, -0.1) is 0 Å². The number of halogens is 1. The molecule has 160 valence electrons. The summed E-state index contributed by atoms with van der Waals surface area (Å²) < 4.78 is 6.00. The number of hydrogen-bond donors (Lipinski definition) is 1. The first kappa shape index (κ1) is 21.8. The lowest BCUT2D eigenvalue weighted by atomic mass is 10.0. The van der Waals surface area contributed by atoms with Gasteiger partial charge < -0.3 is 9.64 Å². The molecular weight excluding hydrogens is 408 g/mol. The Bertz CT molecular complexity index is 1050. The van der Waals surface area contributed by atoms with Gasteiger partial charge in [0.25, 0.3) is 5.56 Å². The van der Waals surface area contributed by atoms with E-state index >= 15 is 0 Å². The molecule has 3 rings (SSSR count). The van der Waals surface area contributed by atoms with Crippen molar-refractivity contribution in [3.05, 3.63) is 45.5 Å². The van der Waals surface area contributed by atoms with Crippen molar-refractivity contribution in [2.45, 2.75) is 45.7 Å². The summed E-state index contributed by atoms with van der Waals surface area (Å²) in [5.74, 6) is 0.304. The van der Waals surface area contributed by atoms with Crippen LogP contribution in [0.25, 0.3) is 11.3 Å². The molecule has 1 N–H and O–H groups in total. The zero-order chi connectivity index (χ0) is 22.1. The molecule has 1 aromatic heterocycles. The fourth-order valence-electron chi connectivity index (χ4n) is 3.75. The molecule has 2 aromatic rings. The van der Waals surface area contributed by atoms with E-state index in [9.17, 15) is 14.4 Å². The van der Waals surface area contributed by atoms with Crippen LogP contribution >= 0.6 is 11.6 Å². The Morgan fingerprint density at radius 3 is 2.63 bits per heavy atom. The molecule has 8 nitrogen and oxygen atoms in total. The molecule has 9 heteroatoms. The molecule has 0 radical (unpaired) electrons. The molecule has 0 bridgehead atoms. The summed E-state index contributed by atoms with van der Waals surface area (Å²) in [5, 5.41) is 2.99. The number of amides is 2. The Balaban J connectivity index is 1.93. The number of aromatic nitrogens is 2. The molecule has 0 atom stereocenters. The molecule has 1 aliphatic heterocycles. The van der Waals surface area contributed by atoms with Gasteiger partial charge >= 0.3 is 6.09 Å². The smallest absolute Gasteiger partial charge is 0.411 e. The molecule has 0 unspecified atom stereocenters. The number of nitrogens with zero attached hydrogens (tertiary/aromatic N) is 3. The molecule has 1 aromatic carbocycles. The maximum Gasteiger partial charge on any atom is 0.411 e. The van der Waals surface area contributed by atoms with Gasteiger partial charge in [-0.05, 0) is 51.8 Å². The topological polar surface area (TPSA) is 93.5 Å². The maximum absolute atomic E-state index is 12.8. The van der Waals surface area contributed by atoms with Gasteiger partial charge in [-0.25, -0.2) is 9.78 Å². The Morgan fingerprint density at radius 1 is 1.30 bits per heavy atom. The van der Waals surface area contributed by atoms with E-state index in [1.54, 1.807) is 25.1 Å². The van der Waals surface area contributed by atoms with Gasteiger partial charge in [0, 0.05) is 28.7 Å². The minimum atomic E-state index is -0.664. The Hall–Kier alpha value is -2.87. The van der Waals surface area contributed by atoms with Gasteiger partial charge in [0.15, 0.2) is 0 Å². The average molecular weight is 433 g/mol. The average Bonchev–Trinajstić information content (AvgIpc) is 3.03. The Labute approximate surface area is 179 Å². The van der Waals surface area contributed by atoms with Crippen LogP contribution in [0.3, 0.4) is 0 Å². The van der Waals surface area contributed by atoms with Crippen LogP contribution in [-0.2, 0) is 16.1 Å². The van der Waals surface area contributed by atoms with Crippen molar-refractivity contribution in [2.75, 3.05) is 19.0 Å². The highest BCUT2D eigenvalue weighted by Gasteiger charge is 2.35. The number of ether oxygens (including phenoxy) is 1. The molecule has 0 aliphatic carbocycles. The number of methoxy groups -OCH3 is 1. The number of rotatable bonds is 4. The van der Waals surface area contributed by atoms with Crippen molar-refractivity contribution in [1.82, 2.24) is 14.5 Å². The standard InChI is InChI=1S/C21H25ClN4O4/c1-13-23-17(15-7-6-14(22)10-16(15)24-20(29)30-4)11-18(27)25(13)12-19(28)26-9-5-8-21(26,2)3/h6-7,10-11H,5,8-9,12H2,1-4H3,(H,24,29). The molecule has 1 aliphatic rings. The van der Waals surface area contributed by atoms with E-state index < -0.39 is 6.09 Å². The summed E-state index contributed by atoms with van der Waals surface area (Å²) in [7, 11) is 1.25. The van der Waals surface area contributed by atoms with Crippen LogP contribution in [0.1, 0.15) is 32.5 Å². The van der Waals surface area contributed by atoms with Crippen molar-refractivity contribution in [1.29, 1.82) is 0 Å². The fraction of sp³-hybridized carbons (Fsp3) is 0.429. The first-order chi connectivity index (χ1) is 14.1. The molecule has 2 amide bonds. The first-order valence-corrected chi connectivity index (χ1v) is 10.0. The number of likely N-dealkylation sites (tertiary alicyclic amines) is 1. The second-order valence-corrected chi connectivity index (χ2v) is 8.32. The molecule has 2 heterocycles. The number of carbonyl (C=O) groups is 2. The van der Waals surface area contributed by atoms with E-state index in [0.29, 0.717) is 34.3 Å². The van der Waals surface area contributed by atoms with Gasteiger partial charge in [-0.2, -0.15) is 0 Å². The highest BCUT2D eigenvalue weighted by Crippen LogP contribution is 2.30. The number of carbonyl (C=O) groups excluding carboxylic acids is 2. The minimum absolute atomic E-state index is 0.0603. The van der Waals surface area contributed by atoms with Crippen LogP contribution in [-0.4, -0.2) is 45.6 Å². The SMILES string of the molecule is COC(=O)Nc1cc(Cl)ccc1-c1cc(=O)n(CC(=O)N2CCCC2(C)C)c(C)n1. The molecule has 1 saturated heterocycles. The quantitative estimate of drug-likeness (QED) is 0.798. The summed E-state index contributed by atoms with van der Waals surface area (Å²) in [6.07, 6.45) is 1.23. The number of benzene rings is 1. The van der Waals surface area contributed by atoms with Crippen molar-refractivity contribution in [3.8, 4) is 11.3 Å². The van der Waals surface area contributed by atoms with Gasteiger partial charge in [-0.3, -0.25) is 19.5 Å². The molecule has 0 spiro atoms. The number of nitrogens with one attached hydrogen (secondary N) is 1. The normalized spacial score (nSPS) is 15.2. The van der Waals surface area contributed by atoms with Crippen LogP contribution in [0.2, 0.25) is 5.02 Å². The predicted octanol–water partition coefficient (Wildman–Crippen LogP) is 3.45. The van der Waals surface area contributed by atoms with Crippen LogP contribution < -0.4 is 10.9 Å². The largest absolute Gasteiger partial charge is 0.453 e. The van der Waals surface area contributed by atoms with Crippen molar-refractivity contribution in [2.24, 2.45) is 0 Å². The van der Waals surface area contributed by atoms with Gasteiger partial charge in [0.05, 0.1) is 18.5 Å². The molecular formula is C21H25ClN4O4. The van der Waals surface area contributed by atoms with Gasteiger partial charge in [0.1, 0.15) is 12.4 Å². The molecule has 1 fully saturated rings. The third kappa shape index (κ3) is 4.48. The first-order valence-electron chi connectivity index (χ1n) is 9.66. The summed E-state index contributed by atoms with van der Waals surface area (Å²) in [6.45, 7) is 6.38. The lowest BCUT2D eigenvalue weighted by molar-refractivity contribution is -0.135. The maximum atomic E-state index is 12.8.